The monoisotopic (exact) mass is 511 g/mol. The van der Waals surface area contributed by atoms with E-state index in [1.807, 2.05) is 60.7 Å². The molecule has 0 atom stereocenters. The molecule has 0 aliphatic carbocycles. The van der Waals surface area contributed by atoms with E-state index in [9.17, 15) is 8.42 Å². The molecule has 34 heavy (non-hydrogen) atoms. The molecule has 0 spiro atoms. The summed E-state index contributed by atoms with van der Waals surface area (Å²) in [4.78, 5) is 6.83. The molecule has 0 N–H and O–H groups in total. The van der Waals surface area contributed by atoms with Gasteiger partial charge in [0.2, 0.25) is 10.0 Å². The Balaban J connectivity index is 1.41. The molecule has 0 radical (unpaired) electrons. The highest BCUT2D eigenvalue weighted by molar-refractivity contribution is 7.89. The van der Waals surface area contributed by atoms with Crippen LogP contribution in [0.15, 0.2) is 90.0 Å². The van der Waals surface area contributed by atoms with Crippen molar-refractivity contribution in [1.29, 1.82) is 0 Å². The first kappa shape index (κ1) is 23.3. The number of halogens is 2. The van der Waals surface area contributed by atoms with Crippen molar-refractivity contribution in [3.63, 3.8) is 0 Å². The van der Waals surface area contributed by atoms with E-state index >= 15 is 0 Å². The van der Waals surface area contributed by atoms with Gasteiger partial charge >= 0.3 is 0 Å². The number of sulfonamides is 1. The van der Waals surface area contributed by atoms with Crippen molar-refractivity contribution in [2.24, 2.45) is 0 Å². The molecule has 1 aliphatic rings. The summed E-state index contributed by atoms with van der Waals surface area (Å²) in [7, 11) is -2.05. The fraction of sp³-hybridized carbons (Fsp3) is 0.192. The third kappa shape index (κ3) is 4.32. The first-order valence-electron chi connectivity index (χ1n) is 10.9. The van der Waals surface area contributed by atoms with Crippen LogP contribution < -0.4 is 0 Å². The Bertz CT molecular complexity index is 1370. The number of likely N-dealkylation sites (tertiary alicyclic amines) is 1. The third-order valence-electron chi connectivity index (χ3n) is 6.39. The van der Waals surface area contributed by atoms with Crippen LogP contribution in [0.2, 0.25) is 10.0 Å². The Morgan fingerprint density at radius 1 is 0.882 bits per heavy atom. The maximum atomic E-state index is 13.5. The normalized spacial score (nSPS) is 15.2. The fourth-order valence-electron chi connectivity index (χ4n) is 4.47. The lowest BCUT2D eigenvalue weighted by Gasteiger charge is -2.47. The van der Waals surface area contributed by atoms with Gasteiger partial charge in [-0.15, -0.1) is 0 Å². The van der Waals surface area contributed by atoms with Crippen LogP contribution in [0.3, 0.4) is 0 Å². The van der Waals surface area contributed by atoms with Gasteiger partial charge in [0.1, 0.15) is 4.90 Å². The van der Waals surface area contributed by atoms with Crippen LogP contribution in [0.4, 0.5) is 0 Å². The van der Waals surface area contributed by atoms with Gasteiger partial charge in [0, 0.05) is 41.8 Å². The molecule has 0 saturated carbocycles. The highest BCUT2D eigenvalue weighted by Crippen LogP contribution is 2.36. The molecule has 4 aromatic rings. The number of hydrogen-bond donors (Lipinski definition) is 0. The minimum atomic E-state index is -3.71. The van der Waals surface area contributed by atoms with E-state index in [0.29, 0.717) is 28.7 Å². The summed E-state index contributed by atoms with van der Waals surface area (Å²) >= 11 is 12.2. The molecule has 8 heteroatoms. The number of likely N-dealkylation sites (N-methyl/N-ethyl adjacent to an activating group) is 1. The number of fused-ring (bicyclic) bond motifs is 1. The molecule has 0 amide bonds. The van der Waals surface area contributed by atoms with Gasteiger partial charge in [-0.3, -0.25) is 9.88 Å². The summed E-state index contributed by atoms with van der Waals surface area (Å²) < 4.78 is 28.5. The third-order valence-corrected chi connectivity index (χ3v) is 8.84. The molecule has 174 valence electrons. The Kier molecular flexibility index (Phi) is 6.35. The number of aromatic nitrogens is 1. The van der Waals surface area contributed by atoms with Crippen LogP contribution in [-0.4, -0.2) is 48.8 Å². The van der Waals surface area contributed by atoms with Gasteiger partial charge in [0.05, 0.1) is 17.6 Å². The lowest BCUT2D eigenvalue weighted by molar-refractivity contribution is 0.0620. The zero-order chi connectivity index (χ0) is 23.9. The summed E-state index contributed by atoms with van der Waals surface area (Å²) in [6, 6.07) is 24.3. The average molecular weight is 512 g/mol. The zero-order valence-corrected chi connectivity index (χ0v) is 20.8. The number of nitrogens with zero attached hydrogens (tertiary/aromatic N) is 3. The van der Waals surface area contributed by atoms with E-state index in [1.165, 1.54) is 4.31 Å². The number of para-hydroxylation sites is 1. The van der Waals surface area contributed by atoms with E-state index in [0.717, 1.165) is 16.5 Å². The minimum absolute atomic E-state index is 0.0268. The molecule has 1 aromatic heterocycles. The summed E-state index contributed by atoms with van der Waals surface area (Å²) in [5.74, 6) is 0. The Hall–Kier alpha value is -2.48. The molecule has 0 bridgehead atoms. The molecule has 0 unspecified atom stereocenters. The molecule has 2 heterocycles. The molecule has 1 fully saturated rings. The van der Waals surface area contributed by atoms with Crippen LogP contribution in [0, 0.1) is 0 Å². The molecule has 1 saturated heterocycles. The topological polar surface area (TPSA) is 53.5 Å². The van der Waals surface area contributed by atoms with Crippen molar-refractivity contribution >= 4 is 44.1 Å². The van der Waals surface area contributed by atoms with Crippen molar-refractivity contribution in [3.8, 4) is 0 Å². The lowest BCUT2D eigenvalue weighted by atomic mass is 9.93. The van der Waals surface area contributed by atoms with Gasteiger partial charge in [-0.05, 0) is 47.5 Å². The van der Waals surface area contributed by atoms with Gasteiger partial charge in [-0.1, -0.05) is 65.7 Å². The van der Waals surface area contributed by atoms with Gasteiger partial charge < -0.3 is 0 Å². The molecule has 3 aromatic carbocycles. The summed E-state index contributed by atoms with van der Waals surface area (Å²) in [6.07, 6.45) is 1.62. The van der Waals surface area contributed by atoms with Crippen molar-refractivity contribution < 1.29 is 8.42 Å². The maximum Gasteiger partial charge on any atom is 0.245 e. The van der Waals surface area contributed by atoms with Crippen molar-refractivity contribution in [1.82, 2.24) is 14.2 Å². The molecular formula is C26H23Cl2N3O2S. The molecule has 5 nitrogen and oxygen atoms in total. The lowest BCUT2D eigenvalue weighted by Crippen LogP contribution is -2.60. The van der Waals surface area contributed by atoms with Crippen LogP contribution in [0.5, 0.6) is 0 Å². The van der Waals surface area contributed by atoms with E-state index in [1.54, 1.807) is 31.4 Å². The first-order valence-corrected chi connectivity index (χ1v) is 13.1. The Morgan fingerprint density at radius 2 is 1.44 bits per heavy atom. The Labute approximate surface area is 209 Å². The summed E-state index contributed by atoms with van der Waals surface area (Å²) in [5.41, 5.74) is 2.68. The minimum Gasteiger partial charge on any atom is -0.289 e. The smallest absolute Gasteiger partial charge is 0.245 e. The van der Waals surface area contributed by atoms with Crippen LogP contribution in [0.1, 0.15) is 17.2 Å². The van der Waals surface area contributed by atoms with Crippen LogP contribution in [0.25, 0.3) is 10.9 Å². The van der Waals surface area contributed by atoms with E-state index in [2.05, 4.69) is 9.88 Å². The second kappa shape index (κ2) is 9.29. The van der Waals surface area contributed by atoms with E-state index in [-0.39, 0.29) is 17.0 Å². The van der Waals surface area contributed by atoms with Gasteiger partial charge in [-0.2, -0.15) is 4.31 Å². The first-order chi connectivity index (χ1) is 16.3. The maximum absolute atomic E-state index is 13.5. The Morgan fingerprint density at radius 3 is 2.03 bits per heavy atom. The largest absolute Gasteiger partial charge is 0.289 e. The van der Waals surface area contributed by atoms with Crippen LogP contribution >= 0.6 is 23.2 Å². The number of hydrogen-bond acceptors (Lipinski definition) is 4. The number of benzene rings is 3. The van der Waals surface area contributed by atoms with Crippen LogP contribution in [-0.2, 0) is 10.0 Å². The van der Waals surface area contributed by atoms with Gasteiger partial charge in [0.25, 0.3) is 0 Å². The average Bonchev–Trinajstić information content (AvgIpc) is 2.82. The number of rotatable bonds is 6. The highest BCUT2D eigenvalue weighted by Gasteiger charge is 2.40. The predicted octanol–water partition coefficient (Wildman–Crippen LogP) is 5.64. The molecule has 5 rings (SSSR count). The van der Waals surface area contributed by atoms with Gasteiger partial charge in [-0.25, -0.2) is 8.42 Å². The van der Waals surface area contributed by atoms with Crippen molar-refractivity contribution in [2.45, 2.75) is 17.0 Å². The second-order valence-corrected chi connectivity index (χ2v) is 11.3. The summed E-state index contributed by atoms with van der Waals surface area (Å²) in [5, 5.41) is 2.15. The second-order valence-electron chi connectivity index (χ2n) is 8.47. The van der Waals surface area contributed by atoms with Gasteiger partial charge in [0.15, 0.2) is 0 Å². The van der Waals surface area contributed by atoms with Crippen molar-refractivity contribution in [3.05, 3.63) is 106 Å². The molecule has 1 aliphatic heterocycles. The number of pyridine rings is 1. The highest BCUT2D eigenvalue weighted by atomic mass is 35.5. The zero-order valence-electron chi connectivity index (χ0n) is 18.5. The standard InChI is InChI=1S/C26H23Cl2N3O2S/c1-30(34(32,33)24-6-2-4-18-5-3-15-29-25(18)24)23-16-31(17-23)26(19-7-11-21(27)12-8-19)20-9-13-22(28)14-10-20/h2-15,23,26H,16-17H2,1H3. The van der Waals surface area contributed by atoms with E-state index in [4.69, 9.17) is 23.2 Å². The SMILES string of the molecule is CN(C1CN(C(c2ccc(Cl)cc2)c2ccc(Cl)cc2)C1)S(=O)(=O)c1cccc2cccnc12. The van der Waals surface area contributed by atoms with E-state index < -0.39 is 10.0 Å². The quantitative estimate of drug-likeness (QED) is 0.336. The fourth-order valence-corrected chi connectivity index (χ4v) is 6.22. The molecular weight excluding hydrogens is 489 g/mol. The van der Waals surface area contributed by atoms with Crippen molar-refractivity contribution in [2.75, 3.05) is 20.1 Å². The summed E-state index contributed by atoms with van der Waals surface area (Å²) in [6.45, 7) is 1.20. The predicted molar refractivity (Wildman–Crippen MR) is 137 cm³/mol.